The van der Waals surface area contributed by atoms with E-state index in [4.69, 9.17) is 0 Å². The van der Waals surface area contributed by atoms with Crippen molar-refractivity contribution in [2.75, 3.05) is 0 Å². The lowest BCUT2D eigenvalue weighted by Crippen LogP contribution is -2.40. The highest BCUT2D eigenvalue weighted by Crippen LogP contribution is 2.32. The summed E-state index contributed by atoms with van der Waals surface area (Å²) < 4.78 is 2.04. The van der Waals surface area contributed by atoms with Gasteiger partial charge >= 0.3 is 0 Å². The molecule has 144 valence electrons. The smallest absolute Gasteiger partial charge is 0.261 e. The summed E-state index contributed by atoms with van der Waals surface area (Å²) in [6.45, 7) is 0. The third-order valence-corrected chi connectivity index (χ3v) is 7.05. The summed E-state index contributed by atoms with van der Waals surface area (Å²) in [5, 5.41) is 4.66. The maximum atomic E-state index is 12.7. The minimum Gasteiger partial charge on any atom is -0.349 e. The molecule has 2 aliphatic rings. The van der Waals surface area contributed by atoms with Crippen molar-refractivity contribution in [1.82, 2.24) is 19.9 Å². The number of thioether (sulfide) groups is 1. The van der Waals surface area contributed by atoms with Crippen molar-refractivity contribution in [2.45, 2.75) is 67.8 Å². The average Bonchev–Trinajstić information content (AvgIpc) is 3.07. The number of hydrogen-bond donors (Lipinski definition) is 2. The molecule has 0 bridgehead atoms. The van der Waals surface area contributed by atoms with Gasteiger partial charge in [-0.2, -0.15) is 0 Å². The number of aryl methyl sites for hydroxylation is 3. The van der Waals surface area contributed by atoms with Crippen molar-refractivity contribution in [3.05, 3.63) is 45.6 Å². The van der Waals surface area contributed by atoms with Gasteiger partial charge in [0.2, 0.25) is 0 Å². The lowest BCUT2D eigenvalue weighted by Gasteiger charge is -2.28. The van der Waals surface area contributed by atoms with E-state index in [9.17, 15) is 9.59 Å². The van der Waals surface area contributed by atoms with E-state index < -0.39 is 0 Å². The molecule has 0 radical (unpaired) electrons. The fourth-order valence-electron chi connectivity index (χ4n) is 4.05. The monoisotopic (exact) mass is 386 g/mol. The van der Waals surface area contributed by atoms with E-state index in [1.54, 1.807) is 0 Å². The Morgan fingerprint density at radius 2 is 2.04 bits per heavy atom. The summed E-state index contributed by atoms with van der Waals surface area (Å²) in [5.74, 6) is -0.232. The van der Waals surface area contributed by atoms with Gasteiger partial charge in [-0.3, -0.25) is 9.59 Å². The van der Waals surface area contributed by atoms with E-state index in [0.717, 1.165) is 67.8 Å². The topological polar surface area (TPSA) is 79.8 Å². The van der Waals surface area contributed by atoms with Crippen molar-refractivity contribution in [3.63, 3.8) is 0 Å². The molecule has 2 heterocycles. The molecule has 0 aromatic carbocycles. The lowest BCUT2D eigenvalue weighted by atomic mass is 9.93. The molecule has 0 aliphatic heterocycles. The van der Waals surface area contributed by atoms with Crippen LogP contribution in [0.4, 0.5) is 0 Å². The van der Waals surface area contributed by atoms with E-state index in [2.05, 4.69) is 15.3 Å². The summed E-state index contributed by atoms with van der Waals surface area (Å²) >= 11 is 1.82. The number of nitrogens with zero attached hydrogens (tertiary/aromatic N) is 2. The van der Waals surface area contributed by atoms with Crippen LogP contribution in [0, 0.1) is 0 Å². The minimum absolute atomic E-state index is 0.145. The fourth-order valence-corrected chi connectivity index (χ4v) is 5.20. The van der Waals surface area contributed by atoms with Crippen LogP contribution in [0.1, 0.15) is 60.1 Å². The zero-order valence-electron chi connectivity index (χ0n) is 15.7. The standard InChI is InChI=1S/C20H26N4O2S/c1-24-11-10-21-20(24)27-15-8-6-14(7-9-15)22-18(25)16-12-13-4-2-3-5-17(13)23-19(16)26/h10-12,14-15H,2-9H2,1H3,(H,22,25)(H,23,26). The first-order valence-electron chi connectivity index (χ1n) is 9.80. The Morgan fingerprint density at radius 3 is 2.78 bits per heavy atom. The molecule has 7 heteroatoms. The average molecular weight is 387 g/mol. The van der Waals surface area contributed by atoms with Crippen molar-refractivity contribution in [3.8, 4) is 0 Å². The molecule has 6 nitrogen and oxygen atoms in total. The number of amides is 1. The largest absolute Gasteiger partial charge is 0.349 e. The number of pyridine rings is 1. The number of aromatic nitrogens is 3. The molecule has 2 aromatic rings. The molecule has 2 aromatic heterocycles. The highest BCUT2D eigenvalue weighted by atomic mass is 32.2. The second-order valence-electron chi connectivity index (χ2n) is 7.61. The van der Waals surface area contributed by atoms with Gasteiger partial charge in [-0.25, -0.2) is 4.98 Å². The second-order valence-corrected chi connectivity index (χ2v) is 8.88. The Bertz CT molecular complexity index is 880. The molecule has 1 saturated carbocycles. The van der Waals surface area contributed by atoms with Gasteiger partial charge in [-0.05, 0) is 63.0 Å². The number of hydrogen-bond acceptors (Lipinski definition) is 4. The molecule has 1 fully saturated rings. The summed E-state index contributed by atoms with van der Waals surface area (Å²) in [4.78, 5) is 32.3. The molecule has 0 unspecified atom stereocenters. The molecule has 0 spiro atoms. The maximum absolute atomic E-state index is 12.7. The first-order valence-corrected chi connectivity index (χ1v) is 10.7. The Hall–Kier alpha value is -2.02. The molecule has 27 heavy (non-hydrogen) atoms. The van der Waals surface area contributed by atoms with Crippen LogP contribution in [-0.2, 0) is 19.9 Å². The highest BCUT2D eigenvalue weighted by Gasteiger charge is 2.25. The van der Waals surface area contributed by atoms with Crippen molar-refractivity contribution in [2.24, 2.45) is 7.05 Å². The maximum Gasteiger partial charge on any atom is 0.261 e. The number of nitrogens with one attached hydrogen (secondary N) is 2. The molecule has 2 N–H and O–H groups in total. The first-order chi connectivity index (χ1) is 13.1. The molecular formula is C20H26N4O2S. The van der Waals surface area contributed by atoms with E-state index in [1.807, 2.05) is 41.8 Å². The van der Waals surface area contributed by atoms with Crippen LogP contribution in [0.3, 0.4) is 0 Å². The van der Waals surface area contributed by atoms with Crippen LogP contribution in [0.15, 0.2) is 28.4 Å². The highest BCUT2D eigenvalue weighted by molar-refractivity contribution is 7.99. The number of fused-ring (bicyclic) bond motifs is 1. The van der Waals surface area contributed by atoms with Gasteiger partial charge in [0.25, 0.3) is 11.5 Å². The molecule has 1 amide bonds. The molecule has 0 atom stereocenters. The third kappa shape index (κ3) is 4.13. The number of carbonyl (C=O) groups is 1. The van der Waals surface area contributed by atoms with Crippen molar-refractivity contribution < 1.29 is 4.79 Å². The van der Waals surface area contributed by atoms with E-state index >= 15 is 0 Å². The van der Waals surface area contributed by atoms with Crippen LogP contribution in [0.25, 0.3) is 0 Å². The van der Waals surface area contributed by atoms with Crippen molar-refractivity contribution in [1.29, 1.82) is 0 Å². The normalized spacial score (nSPS) is 22.3. The van der Waals surface area contributed by atoms with Gasteiger partial charge in [0.05, 0.1) is 0 Å². The van der Waals surface area contributed by atoms with Gasteiger partial charge in [0, 0.05) is 36.4 Å². The SMILES string of the molecule is Cn1ccnc1SC1CCC(NC(=O)c2cc3c([nH]c2=O)CCCC3)CC1. The molecule has 4 rings (SSSR count). The second kappa shape index (κ2) is 7.92. The molecular weight excluding hydrogens is 360 g/mol. The summed E-state index contributed by atoms with van der Waals surface area (Å²) in [7, 11) is 2.01. The number of carbonyl (C=O) groups excluding carboxylic acids is 1. The lowest BCUT2D eigenvalue weighted by molar-refractivity contribution is 0.0926. The quantitative estimate of drug-likeness (QED) is 0.847. The number of H-pyrrole nitrogens is 1. The summed E-state index contributed by atoms with van der Waals surface area (Å²) in [5.41, 5.74) is 2.14. The predicted molar refractivity (Wildman–Crippen MR) is 106 cm³/mol. The number of rotatable bonds is 4. The van der Waals surface area contributed by atoms with Crippen LogP contribution < -0.4 is 10.9 Å². The fraction of sp³-hybridized carbons (Fsp3) is 0.550. The Kier molecular flexibility index (Phi) is 5.38. The van der Waals surface area contributed by atoms with E-state index in [0.29, 0.717) is 5.25 Å². The van der Waals surface area contributed by atoms with Crippen LogP contribution in [0.5, 0.6) is 0 Å². The van der Waals surface area contributed by atoms with Gasteiger partial charge in [-0.1, -0.05) is 11.8 Å². The van der Waals surface area contributed by atoms with Gasteiger partial charge in [0.15, 0.2) is 5.16 Å². The van der Waals surface area contributed by atoms with Crippen LogP contribution in [-0.4, -0.2) is 31.7 Å². The van der Waals surface area contributed by atoms with Crippen LogP contribution >= 0.6 is 11.8 Å². The molecule has 0 saturated heterocycles. The Morgan fingerprint density at radius 1 is 1.26 bits per heavy atom. The number of aromatic amines is 1. The van der Waals surface area contributed by atoms with Crippen molar-refractivity contribution >= 4 is 17.7 Å². The van der Waals surface area contributed by atoms with E-state index in [1.165, 1.54) is 0 Å². The Labute approximate surface area is 163 Å². The first kappa shape index (κ1) is 18.3. The van der Waals surface area contributed by atoms with Gasteiger partial charge < -0.3 is 14.9 Å². The third-order valence-electron chi connectivity index (χ3n) is 5.64. The van der Waals surface area contributed by atoms with E-state index in [-0.39, 0.29) is 23.1 Å². The predicted octanol–water partition coefficient (Wildman–Crippen LogP) is 2.82. The zero-order chi connectivity index (χ0) is 18.8. The van der Waals surface area contributed by atoms with Gasteiger partial charge in [-0.15, -0.1) is 0 Å². The Balaban J connectivity index is 1.34. The minimum atomic E-state index is -0.257. The molecule has 2 aliphatic carbocycles. The summed E-state index contributed by atoms with van der Waals surface area (Å²) in [6, 6.07) is 1.96. The number of imidazole rings is 1. The van der Waals surface area contributed by atoms with Gasteiger partial charge in [0.1, 0.15) is 5.56 Å². The zero-order valence-corrected chi connectivity index (χ0v) is 16.5. The van der Waals surface area contributed by atoms with Crippen LogP contribution in [0.2, 0.25) is 0 Å². The summed E-state index contributed by atoms with van der Waals surface area (Å²) in [6.07, 6.45) is 11.8.